The molecule has 0 spiro atoms. The van der Waals surface area contributed by atoms with E-state index in [0.29, 0.717) is 0 Å². The SMILES string of the molecule is N.N.O=P(O)(O[O-])OP(=O)(O)O[O-].O=P(O)(O[O-])OP(=O)(O)O[O-].[Pt+4]. The summed E-state index contributed by atoms with van der Waals surface area (Å²) in [6.07, 6.45) is 0. The van der Waals surface area contributed by atoms with Gasteiger partial charge in [-0.25, -0.2) is 18.3 Å². The van der Waals surface area contributed by atoms with Gasteiger partial charge in [-0.15, -0.1) is 0 Å². The molecule has 0 saturated carbocycles. The van der Waals surface area contributed by atoms with Gasteiger partial charge in [0.2, 0.25) is 0 Å². The van der Waals surface area contributed by atoms with Crippen LogP contribution in [0.2, 0.25) is 0 Å². The molecule has 4 unspecified atom stereocenters. The summed E-state index contributed by atoms with van der Waals surface area (Å²) in [6.45, 7) is 0. The second kappa shape index (κ2) is 15.0. The van der Waals surface area contributed by atoms with Crippen molar-refractivity contribution in [2.75, 3.05) is 0 Å². The third-order valence-electron chi connectivity index (χ3n) is 0.789. The Hall–Kier alpha value is 0.968. The Kier molecular flexibility index (Phi) is 22.0. The largest absolute Gasteiger partial charge is 4.00 e. The Morgan fingerprint density at radius 3 is 0.720 bits per heavy atom. The molecule has 20 nitrogen and oxygen atoms in total. The van der Waals surface area contributed by atoms with Crippen molar-refractivity contribution in [2.24, 2.45) is 0 Å². The van der Waals surface area contributed by atoms with Gasteiger partial charge in [0.25, 0.3) is 0 Å². The van der Waals surface area contributed by atoms with Crippen LogP contribution in [0, 0.1) is 0 Å². The van der Waals surface area contributed by atoms with Crippen molar-refractivity contribution < 1.29 is 107 Å². The van der Waals surface area contributed by atoms with Gasteiger partial charge < -0.3 is 71.6 Å². The molecule has 0 aromatic rings. The van der Waals surface area contributed by atoms with Gasteiger partial charge in [0, 0.05) is 0 Å². The molecule has 0 saturated heterocycles. The Bertz CT molecular complexity index is 425. The van der Waals surface area contributed by atoms with E-state index in [-0.39, 0.29) is 33.4 Å². The maximum absolute atomic E-state index is 10.0. The van der Waals surface area contributed by atoms with Crippen molar-refractivity contribution in [3.63, 3.8) is 0 Å². The summed E-state index contributed by atoms with van der Waals surface area (Å²) in [6, 6.07) is 0. The van der Waals surface area contributed by atoms with Crippen LogP contribution in [0.1, 0.15) is 0 Å². The monoisotopic (exact) mass is 645 g/mol. The van der Waals surface area contributed by atoms with Crippen LogP contribution in [0.15, 0.2) is 0 Å². The molecule has 25 heavy (non-hydrogen) atoms. The molecule has 0 aromatic heterocycles. The minimum absolute atomic E-state index is 0. The minimum Gasteiger partial charge on any atom is -0.714 e. The van der Waals surface area contributed by atoms with Gasteiger partial charge in [-0.2, -0.15) is 8.62 Å². The van der Waals surface area contributed by atoms with Gasteiger partial charge in [-0.1, -0.05) is 0 Å². The normalized spacial score (nSPS) is 19.5. The van der Waals surface area contributed by atoms with Gasteiger partial charge in [0.1, 0.15) is 0 Å². The maximum Gasteiger partial charge on any atom is 4.00 e. The van der Waals surface area contributed by atoms with Gasteiger partial charge in [-0.3, -0.25) is 0 Å². The first-order valence-electron chi connectivity index (χ1n) is 3.66. The fourth-order valence-electron chi connectivity index (χ4n) is 0.315. The molecule has 0 bridgehead atoms. The first-order chi connectivity index (χ1) is 9.66. The first-order valence-corrected chi connectivity index (χ1v) is 9.64. The fraction of sp³-hybridized carbons (Fsp3) is 0. The van der Waals surface area contributed by atoms with Crippen molar-refractivity contribution in [3.05, 3.63) is 0 Å². The van der Waals surface area contributed by atoms with E-state index < -0.39 is 31.3 Å². The topological polar surface area (TPSA) is 367 Å². The molecule has 158 valence electrons. The minimum atomic E-state index is -5.21. The average molecular weight is 645 g/mol. The summed E-state index contributed by atoms with van der Waals surface area (Å²) in [4.78, 5) is 32.1. The quantitative estimate of drug-likeness (QED) is 0.0829. The molecule has 0 heterocycles. The second-order valence-electron chi connectivity index (χ2n) is 2.34. The first kappa shape index (κ1) is 36.8. The molecule has 0 aliphatic heterocycles. The zero-order chi connectivity index (χ0) is 18.2. The summed E-state index contributed by atoms with van der Waals surface area (Å²) in [5, 5.41) is 36.9. The van der Waals surface area contributed by atoms with E-state index in [0.717, 1.165) is 0 Å². The maximum atomic E-state index is 10.0. The molecule has 10 N–H and O–H groups in total. The van der Waals surface area contributed by atoms with Gasteiger partial charge in [0.05, 0.1) is 0 Å². The Morgan fingerprint density at radius 2 is 0.640 bits per heavy atom. The number of rotatable bonds is 8. The van der Waals surface area contributed by atoms with E-state index in [4.69, 9.17) is 19.6 Å². The molecule has 0 aromatic carbocycles. The molecule has 4 atom stereocenters. The van der Waals surface area contributed by atoms with Crippen LogP contribution in [0.25, 0.3) is 0 Å². The summed E-state index contributed by atoms with van der Waals surface area (Å²) < 4.78 is 56.0. The third-order valence-corrected chi connectivity index (χ3v) is 4.84. The van der Waals surface area contributed by atoms with Crippen molar-refractivity contribution >= 4 is 31.3 Å². The van der Waals surface area contributed by atoms with Gasteiger partial charge in [-0.05, 0) is 0 Å². The van der Waals surface area contributed by atoms with Crippen LogP contribution >= 0.6 is 31.3 Å². The summed E-state index contributed by atoms with van der Waals surface area (Å²) in [7, 11) is -20.8. The molecule has 0 fully saturated rings. The molecule has 0 amide bonds. The number of hydrogen-bond donors (Lipinski definition) is 6. The van der Waals surface area contributed by atoms with Crippen LogP contribution in [-0.4, -0.2) is 19.6 Å². The molecule has 0 aliphatic rings. The van der Waals surface area contributed by atoms with Crippen molar-refractivity contribution in [3.8, 4) is 0 Å². The molecule has 25 heteroatoms. The van der Waals surface area contributed by atoms with E-state index in [1.54, 1.807) is 0 Å². The van der Waals surface area contributed by atoms with Crippen molar-refractivity contribution in [1.29, 1.82) is 0 Å². The Labute approximate surface area is 151 Å². The zero-order valence-electron chi connectivity index (χ0n) is 11.0. The smallest absolute Gasteiger partial charge is 0.714 e. The standard InChI is InChI=1S/2H3N.2H4O9P2.Pt/c;;2*1-7-10(3,4)9-11(5,6)8-2;/h2*1H3;2*1-2H,(H,3,4)(H,5,6);/q;;;;+4/p-4. The predicted molar refractivity (Wildman–Crippen MR) is 55.9 cm³/mol. The van der Waals surface area contributed by atoms with Crippen LogP contribution in [0.3, 0.4) is 0 Å². The Morgan fingerprint density at radius 1 is 0.520 bits per heavy atom. The van der Waals surface area contributed by atoms with Gasteiger partial charge >= 0.3 is 52.4 Å². The molecular formula is H10N2O18P4Pt. The predicted octanol–water partition coefficient (Wildman–Crippen LogP) is -4.10. The molecule has 0 rings (SSSR count). The van der Waals surface area contributed by atoms with Gasteiger partial charge in [0.15, 0.2) is 0 Å². The zero-order valence-corrected chi connectivity index (χ0v) is 16.9. The molecule has 0 radical (unpaired) electrons. The summed E-state index contributed by atoms with van der Waals surface area (Å²) >= 11 is 0. The van der Waals surface area contributed by atoms with E-state index in [2.05, 4.69) is 27.3 Å². The van der Waals surface area contributed by atoms with Crippen molar-refractivity contribution in [1.82, 2.24) is 12.3 Å². The van der Waals surface area contributed by atoms with E-state index in [1.807, 2.05) is 0 Å². The van der Waals surface area contributed by atoms with Crippen LogP contribution < -0.4 is 33.3 Å². The third kappa shape index (κ3) is 21.1. The van der Waals surface area contributed by atoms with Crippen LogP contribution in [-0.2, 0) is 66.6 Å². The second-order valence-corrected chi connectivity index (χ2v) is 7.99. The Balaban J connectivity index is -0.0000000952. The van der Waals surface area contributed by atoms with Crippen molar-refractivity contribution in [2.45, 2.75) is 0 Å². The fourth-order valence-corrected chi connectivity index (χ4v) is 2.84. The molecular weight excluding hydrogens is 635 g/mol. The summed E-state index contributed by atoms with van der Waals surface area (Å²) in [5.41, 5.74) is 0. The number of phosphoric acid groups is 4. The number of hydrogen-bond acceptors (Lipinski definition) is 16. The van der Waals surface area contributed by atoms with E-state index >= 15 is 0 Å². The summed E-state index contributed by atoms with van der Waals surface area (Å²) in [5.74, 6) is 0. The van der Waals surface area contributed by atoms with E-state index in [1.165, 1.54) is 0 Å². The van der Waals surface area contributed by atoms with E-state index in [9.17, 15) is 39.3 Å². The average Bonchev–Trinajstić information content (AvgIpc) is 2.37. The molecule has 0 aliphatic carbocycles. The van der Waals surface area contributed by atoms with Crippen LogP contribution in [0.4, 0.5) is 0 Å². The van der Waals surface area contributed by atoms with Crippen LogP contribution in [0.5, 0.6) is 0 Å².